The highest BCUT2D eigenvalue weighted by atomic mass is 19.1. The minimum Gasteiger partial charge on any atom is -0.351 e. The average molecular weight is 263 g/mol. The molecule has 1 N–H and O–H groups in total. The number of amides is 1. The lowest BCUT2D eigenvalue weighted by Gasteiger charge is -2.06. The van der Waals surface area contributed by atoms with Gasteiger partial charge in [-0.05, 0) is 18.6 Å². The van der Waals surface area contributed by atoms with Crippen molar-refractivity contribution in [2.75, 3.05) is 6.54 Å². The van der Waals surface area contributed by atoms with E-state index in [0.29, 0.717) is 30.2 Å². The zero-order valence-corrected chi connectivity index (χ0v) is 10.7. The van der Waals surface area contributed by atoms with Crippen LogP contribution in [0.15, 0.2) is 22.7 Å². The Morgan fingerprint density at radius 3 is 2.89 bits per heavy atom. The van der Waals surface area contributed by atoms with Gasteiger partial charge in [-0.2, -0.15) is 4.98 Å². The first-order valence-electron chi connectivity index (χ1n) is 5.90. The fraction of sp³-hybridized carbons (Fsp3) is 0.308. The molecule has 19 heavy (non-hydrogen) atoms. The highest BCUT2D eigenvalue weighted by Gasteiger charge is 2.12. The first kappa shape index (κ1) is 13.2. The molecular formula is C13H14FN3O2. The van der Waals surface area contributed by atoms with Crippen molar-refractivity contribution in [2.24, 2.45) is 0 Å². The number of hydrogen-bond acceptors (Lipinski definition) is 4. The molecule has 1 heterocycles. The van der Waals surface area contributed by atoms with Crippen LogP contribution in [-0.2, 0) is 6.42 Å². The molecule has 1 amide bonds. The Balaban J connectivity index is 1.93. The molecule has 0 spiro atoms. The molecule has 0 aliphatic rings. The largest absolute Gasteiger partial charge is 0.351 e. The highest BCUT2D eigenvalue weighted by Crippen LogP contribution is 2.11. The van der Waals surface area contributed by atoms with E-state index >= 15 is 0 Å². The number of nitrogens with zero attached hydrogens (tertiary/aromatic N) is 2. The van der Waals surface area contributed by atoms with Gasteiger partial charge in [0.05, 0.1) is 5.56 Å². The van der Waals surface area contributed by atoms with Crippen LogP contribution in [0, 0.1) is 19.7 Å². The molecule has 0 fully saturated rings. The summed E-state index contributed by atoms with van der Waals surface area (Å²) in [5.41, 5.74) is 0.491. The van der Waals surface area contributed by atoms with Crippen LogP contribution in [0.5, 0.6) is 0 Å². The summed E-state index contributed by atoms with van der Waals surface area (Å²) in [6.45, 7) is 3.64. The number of aryl methyl sites for hydroxylation is 2. The minimum absolute atomic E-state index is 0.0456. The van der Waals surface area contributed by atoms with Gasteiger partial charge in [-0.1, -0.05) is 17.3 Å². The molecule has 0 aliphatic carbocycles. The summed E-state index contributed by atoms with van der Waals surface area (Å²) < 4.78 is 18.5. The lowest BCUT2D eigenvalue weighted by atomic mass is 10.1. The summed E-state index contributed by atoms with van der Waals surface area (Å²) in [5, 5.41) is 6.33. The van der Waals surface area contributed by atoms with Gasteiger partial charge in [-0.3, -0.25) is 4.79 Å². The van der Waals surface area contributed by atoms with Crippen molar-refractivity contribution in [3.05, 3.63) is 46.9 Å². The number of halogens is 1. The topological polar surface area (TPSA) is 68.0 Å². The molecule has 0 saturated carbocycles. The van der Waals surface area contributed by atoms with Crippen LogP contribution in [0.25, 0.3) is 0 Å². The van der Waals surface area contributed by atoms with Crippen molar-refractivity contribution in [2.45, 2.75) is 20.3 Å². The number of rotatable bonds is 4. The molecule has 0 saturated heterocycles. The molecular weight excluding hydrogens is 249 g/mol. The quantitative estimate of drug-likeness (QED) is 0.913. The highest BCUT2D eigenvalue weighted by molar-refractivity contribution is 5.94. The third kappa shape index (κ3) is 3.15. The summed E-state index contributed by atoms with van der Waals surface area (Å²) in [6, 6.07) is 4.72. The van der Waals surface area contributed by atoms with Gasteiger partial charge in [0, 0.05) is 19.9 Å². The van der Waals surface area contributed by atoms with Gasteiger partial charge in [0.25, 0.3) is 5.91 Å². The van der Waals surface area contributed by atoms with Crippen molar-refractivity contribution in [1.29, 1.82) is 0 Å². The van der Waals surface area contributed by atoms with Gasteiger partial charge >= 0.3 is 0 Å². The van der Waals surface area contributed by atoms with E-state index in [9.17, 15) is 9.18 Å². The first-order valence-corrected chi connectivity index (χ1v) is 5.90. The number of carbonyl (C=O) groups is 1. The van der Waals surface area contributed by atoms with Crippen LogP contribution >= 0.6 is 0 Å². The number of aromatic nitrogens is 2. The lowest BCUT2D eigenvalue weighted by molar-refractivity contribution is 0.0949. The molecule has 1 aromatic carbocycles. The van der Waals surface area contributed by atoms with E-state index in [1.54, 1.807) is 26.0 Å². The Bertz CT molecular complexity index is 595. The van der Waals surface area contributed by atoms with Gasteiger partial charge in [0.1, 0.15) is 5.82 Å². The van der Waals surface area contributed by atoms with Crippen LogP contribution in [0.1, 0.15) is 27.6 Å². The first-order chi connectivity index (χ1) is 9.08. The van der Waals surface area contributed by atoms with Crippen molar-refractivity contribution in [1.82, 2.24) is 15.5 Å². The van der Waals surface area contributed by atoms with E-state index in [2.05, 4.69) is 15.5 Å². The van der Waals surface area contributed by atoms with Crippen LogP contribution in [-0.4, -0.2) is 22.6 Å². The number of nitrogens with one attached hydrogen (secondary N) is 1. The van der Waals surface area contributed by atoms with Crippen molar-refractivity contribution in [3.63, 3.8) is 0 Å². The second-order valence-corrected chi connectivity index (χ2v) is 4.17. The molecule has 0 radical (unpaired) electrons. The van der Waals surface area contributed by atoms with Gasteiger partial charge in [0.15, 0.2) is 5.82 Å². The Morgan fingerprint density at radius 1 is 1.42 bits per heavy atom. The molecule has 100 valence electrons. The third-order valence-electron chi connectivity index (χ3n) is 2.64. The maximum Gasteiger partial charge on any atom is 0.254 e. The second-order valence-electron chi connectivity index (χ2n) is 4.17. The van der Waals surface area contributed by atoms with Crippen LogP contribution in [0.2, 0.25) is 0 Å². The predicted molar refractivity (Wildman–Crippen MR) is 66.2 cm³/mol. The summed E-state index contributed by atoms with van der Waals surface area (Å²) in [4.78, 5) is 15.8. The fourth-order valence-electron chi connectivity index (χ4n) is 1.65. The maximum absolute atomic E-state index is 13.7. The van der Waals surface area contributed by atoms with Gasteiger partial charge < -0.3 is 9.84 Å². The van der Waals surface area contributed by atoms with Crippen LogP contribution in [0.4, 0.5) is 4.39 Å². The van der Waals surface area contributed by atoms with Crippen molar-refractivity contribution < 1.29 is 13.7 Å². The van der Waals surface area contributed by atoms with E-state index < -0.39 is 11.7 Å². The number of benzene rings is 1. The predicted octanol–water partition coefficient (Wildman–Crippen LogP) is 1.80. The Morgan fingerprint density at radius 2 is 2.21 bits per heavy atom. The third-order valence-corrected chi connectivity index (χ3v) is 2.64. The average Bonchev–Trinajstić information content (AvgIpc) is 2.78. The SMILES string of the molecule is Cc1nc(CCNC(=O)c2cccc(C)c2F)no1. The van der Waals surface area contributed by atoms with E-state index in [0.717, 1.165) is 0 Å². The molecule has 5 nitrogen and oxygen atoms in total. The Hall–Kier alpha value is -2.24. The maximum atomic E-state index is 13.7. The zero-order chi connectivity index (χ0) is 13.8. The Labute approximate surface area is 109 Å². The molecule has 1 aromatic heterocycles. The standard InChI is InChI=1S/C13H14FN3O2/c1-8-4-3-5-10(12(8)14)13(18)15-7-6-11-16-9(2)19-17-11/h3-5H,6-7H2,1-2H3,(H,15,18). The van der Waals surface area contributed by atoms with Crippen LogP contribution < -0.4 is 5.32 Å². The van der Waals surface area contributed by atoms with Crippen LogP contribution in [0.3, 0.4) is 0 Å². The van der Waals surface area contributed by atoms with Gasteiger partial charge in [-0.15, -0.1) is 0 Å². The second kappa shape index (κ2) is 5.60. The molecule has 0 atom stereocenters. The summed E-state index contributed by atoms with van der Waals surface area (Å²) in [5.74, 6) is 0.0605. The zero-order valence-electron chi connectivity index (χ0n) is 10.7. The van der Waals surface area contributed by atoms with E-state index in [-0.39, 0.29) is 5.56 Å². The van der Waals surface area contributed by atoms with Gasteiger partial charge in [-0.25, -0.2) is 4.39 Å². The van der Waals surface area contributed by atoms with E-state index in [1.165, 1.54) is 6.07 Å². The van der Waals surface area contributed by atoms with E-state index in [1.807, 2.05) is 0 Å². The lowest BCUT2D eigenvalue weighted by Crippen LogP contribution is -2.27. The molecule has 0 unspecified atom stereocenters. The van der Waals surface area contributed by atoms with E-state index in [4.69, 9.17) is 4.52 Å². The smallest absolute Gasteiger partial charge is 0.254 e. The normalized spacial score (nSPS) is 10.5. The Kier molecular flexibility index (Phi) is 3.89. The molecule has 2 rings (SSSR count). The molecule has 0 bridgehead atoms. The van der Waals surface area contributed by atoms with Gasteiger partial charge in [0.2, 0.25) is 5.89 Å². The molecule has 2 aromatic rings. The summed E-state index contributed by atoms with van der Waals surface area (Å²) >= 11 is 0. The summed E-state index contributed by atoms with van der Waals surface area (Å²) in [6.07, 6.45) is 0.441. The number of hydrogen-bond donors (Lipinski definition) is 1. The molecule has 0 aliphatic heterocycles. The van der Waals surface area contributed by atoms with Crippen molar-refractivity contribution in [3.8, 4) is 0 Å². The fourth-order valence-corrected chi connectivity index (χ4v) is 1.65. The summed E-state index contributed by atoms with van der Waals surface area (Å²) in [7, 11) is 0. The minimum atomic E-state index is -0.490. The van der Waals surface area contributed by atoms with Crippen molar-refractivity contribution >= 4 is 5.91 Å². The molecule has 6 heteroatoms. The number of carbonyl (C=O) groups excluding carboxylic acids is 1. The monoisotopic (exact) mass is 263 g/mol.